The molecule has 8 nitrogen and oxygen atoms in total. The zero-order valence-electron chi connectivity index (χ0n) is 15.9. The molecule has 0 aliphatic heterocycles. The topological polar surface area (TPSA) is 115 Å². The number of benzene rings is 1. The van der Waals surface area contributed by atoms with Crippen molar-refractivity contribution in [3.05, 3.63) is 41.0 Å². The van der Waals surface area contributed by atoms with Gasteiger partial charge < -0.3 is 10.0 Å². The van der Waals surface area contributed by atoms with Crippen molar-refractivity contribution in [3.8, 4) is 5.75 Å². The van der Waals surface area contributed by atoms with Gasteiger partial charge in [-0.3, -0.25) is 4.55 Å². The van der Waals surface area contributed by atoms with Crippen LogP contribution in [0, 0.1) is 0 Å². The Morgan fingerprint density at radius 3 is 2.43 bits per heavy atom. The van der Waals surface area contributed by atoms with Gasteiger partial charge in [0.1, 0.15) is 11.4 Å². The SMILES string of the molecule is CCCN(c1ccc(N=Nc2ccc(Br)cn2)c(O)c1)C(CC)S(=O)(=O)O.[Na+]. The Balaban J connectivity index is 0.00000392. The monoisotopic (exact) mass is 479 g/mol. The summed E-state index contributed by atoms with van der Waals surface area (Å²) < 4.78 is 33.7. The van der Waals surface area contributed by atoms with Crippen LogP contribution in [0.25, 0.3) is 0 Å². The number of pyridine rings is 1. The number of aromatic nitrogens is 1. The number of halogens is 1. The van der Waals surface area contributed by atoms with Gasteiger partial charge in [0.05, 0.1) is 0 Å². The summed E-state index contributed by atoms with van der Waals surface area (Å²) >= 11 is 3.28. The van der Waals surface area contributed by atoms with E-state index in [1.807, 2.05) is 6.92 Å². The molecule has 0 fully saturated rings. The maximum Gasteiger partial charge on any atom is 1.00 e. The fourth-order valence-electron chi connectivity index (χ4n) is 2.58. The first-order valence-electron chi connectivity index (χ1n) is 8.35. The maximum atomic E-state index is 11.7. The third-order valence-corrected chi connectivity index (χ3v) is 5.51. The molecule has 0 spiro atoms. The van der Waals surface area contributed by atoms with E-state index in [2.05, 4.69) is 31.1 Å². The molecule has 2 aromatic rings. The molecule has 2 rings (SSSR count). The van der Waals surface area contributed by atoms with E-state index >= 15 is 0 Å². The molecule has 0 aliphatic carbocycles. The largest absolute Gasteiger partial charge is 1.00 e. The summed E-state index contributed by atoms with van der Waals surface area (Å²) in [4.78, 5) is 5.61. The van der Waals surface area contributed by atoms with Gasteiger partial charge in [0.2, 0.25) is 0 Å². The molecule has 1 aromatic carbocycles. The van der Waals surface area contributed by atoms with Crippen LogP contribution in [-0.4, -0.2) is 35.0 Å². The summed E-state index contributed by atoms with van der Waals surface area (Å²) in [6.07, 6.45) is 2.46. The summed E-state index contributed by atoms with van der Waals surface area (Å²) in [5.74, 6) is 0.228. The Hall–Kier alpha value is -1.04. The van der Waals surface area contributed by atoms with Crippen LogP contribution in [0.4, 0.5) is 17.2 Å². The Kier molecular flexibility index (Phi) is 10.0. The van der Waals surface area contributed by atoms with E-state index in [4.69, 9.17) is 0 Å². The first-order chi connectivity index (χ1) is 12.8. The van der Waals surface area contributed by atoms with Gasteiger partial charge in [0.15, 0.2) is 11.2 Å². The molecule has 2 N–H and O–H groups in total. The Bertz CT molecular complexity index is 910. The number of rotatable bonds is 8. The fraction of sp³-hybridized carbons (Fsp3) is 0.353. The molecule has 0 radical (unpaired) electrons. The number of nitrogens with zero attached hydrogens (tertiary/aromatic N) is 4. The summed E-state index contributed by atoms with van der Waals surface area (Å²) in [6.45, 7) is 3.98. The van der Waals surface area contributed by atoms with Gasteiger partial charge >= 0.3 is 29.6 Å². The van der Waals surface area contributed by atoms with E-state index in [1.165, 1.54) is 12.1 Å². The van der Waals surface area contributed by atoms with Crippen molar-refractivity contribution in [1.82, 2.24) is 4.98 Å². The molecular formula is C17H21BrN4NaO4S+. The van der Waals surface area contributed by atoms with Gasteiger partial charge in [0, 0.05) is 29.0 Å². The van der Waals surface area contributed by atoms with Crippen LogP contribution in [0.1, 0.15) is 26.7 Å². The minimum Gasteiger partial charge on any atom is -0.506 e. The number of hydrogen-bond donors (Lipinski definition) is 2. The van der Waals surface area contributed by atoms with Gasteiger partial charge in [0.25, 0.3) is 10.1 Å². The quantitative estimate of drug-likeness (QED) is 0.338. The van der Waals surface area contributed by atoms with Crippen molar-refractivity contribution in [3.63, 3.8) is 0 Å². The molecular weight excluding hydrogens is 459 g/mol. The molecule has 0 amide bonds. The number of azo groups is 1. The van der Waals surface area contributed by atoms with Crippen molar-refractivity contribution in [2.45, 2.75) is 32.1 Å². The fourth-order valence-corrected chi connectivity index (χ4v) is 3.78. The third kappa shape index (κ3) is 6.78. The van der Waals surface area contributed by atoms with Gasteiger partial charge in [-0.25, -0.2) is 4.98 Å². The molecule has 1 heterocycles. The molecule has 1 unspecified atom stereocenters. The number of phenols is 1. The van der Waals surface area contributed by atoms with Crippen LogP contribution in [0.15, 0.2) is 51.2 Å². The van der Waals surface area contributed by atoms with Gasteiger partial charge in [-0.2, -0.15) is 8.42 Å². The second-order valence-corrected chi connectivity index (χ2v) is 8.27. The molecule has 0 aliphatic rings. The molecule has 11 heteroatoms. The number of phenolic OH excluding ortho intramolecular Hbond substituents is 1. The van der Waals surface area contributed by atoms with Crippen LogP contribution in [0.2, 0.25) is 0 Å². The minimum atomic E-state index is -4.27. The zero-order chi connectivity index (χ0) is 20.0. The van der Waals surface area contributed by atoms with Crippen molar-refractivity contribution < 1.29 is 47.6 Å². The van der Waals surface area contributed by atoms with E-state index < -0.39 is 15.5 Å². The zero-order valence-corrected chi connectivity index (χ0v) is 20.4. The average molecular weight is 480 g/mol. The van der Waals surface area contributed by atoms with E-state index in [0.717, 1.165) is 4.47 Å². The number of aromatic hydroxyl groups is 1. The first kappa shape index (κ1) is 25.0. The predicted octanol–water partition coefficient (Wildman–Crippen LogP) is 1.81. The molecule has 1 atom stereocenters. The molecule has 0 saturated carbocycles. The van der Waals surface area contributed by atoms with Crippen molar-refractivity contribution >= 4 is 43.2 Å². The normalized spacial score (nSPS) is 12.6. The summed E-state index contributed by atoms with van der Waals surface area (Å²) in [6, 6.07) is 8.01. The Morgan fingerprint density at radius 2 is 1.93 bits per heavy atom. The molecule has 1 aromatic heterocycles. The summed E-state index contributed by atoms with van der Waals surface area (Å²) in [5, 5.41) is 17.1. The summed E-state index contributed by atoms with van der Waals surface area (Å²) in [7, 11) is -4.27. The molecule has 0 bridgehead atoms. The van der Waals surface area contributed by atoms with Gasteiger partial charge in [-0.05, 0) is 53.0 Å². The molecule has 146 valence electrons. The van der Waals surface area contributed by atoms with E-state index in [9.17, 15) is 18.1 Å². The second-order valence-electron chi connectivity index (χ2n) is 5.78. The van der Waals surface area contributed by atoms with Crippen LogP contribution in [0.3, 0.4) is 0 Å². The van der Waals surface area contributed by atoms with Gasteiger partial charge in [-0.15, -0.1) is 10.2 Å². The van der Waals surface area contributed by atoms with Gasteiger partial charge in [-0.1, -0.05) is 13.8 Å². The van der Waals surface area contributed by atoms with Crippen LogP contribution < -0.4 is 34.5 Å². The Labute approximate surface area is 195 Å². The predicted molar refractivity (Wildman–Crippen MR) is 107 cm³/mol. The second kappa shape index (κ2) is 11.2. The molecule has 28 heavy (non-hydrogen) atoms. The van der Waals surface area contributed by atoms with E-state index in [1.54, 1.807) is 36.2 Å². The Morgan fingerprint density at radius 1 is 1.21 bits per heavy atom. The summed E-state index contributed by atoms with van der Waals surface area (Å²) in [5.41, 5.74) is 0.694. The van der Waals surface area contributed by atoms with Crippen LogP contribution >= 0.6 is 15.9 Å². The van der Waals surface area contributed by atoms with Crippen LogP contribution in [-0.2, 0) is 10.1 Å². The minimum absolute atomic E-state index is 0. The smallest absolute Gasteiger partial charge is 0.506 e. The number of anilines is 1. The van der Waals surface area contributed by atoms with Crippen molar-refractivity contribution in [1.29, 1.82) is 0 Å². The third-order valence-electron chi connectivity index (χ3n) is 3.77. The number of hydrogen-bond acceptors (Lipinski definition) is 7. The van der Waals surface area contributed by atoms with E-state index in [-0.39, 0.29) is 47.4 Å². The maximum absolute atomic E-state index is 11.7. The van der Waals surface area contributed by atoms with E-state index in [0.29, 0.717) is 24.5 Å². The van der Waals surface area contributed by atoms with Crippen LogP contribution in [0.5, 0.6) is 5.75 Å². The first-order valence-corrected chi connectivity index (χ1v) is 10.6. The van der Waals surface area contributed by atoms with Crippen molar-refractivity contribution in [2.75, 3.05) is 11.4 Å². The average Bonchev–Trinajstić information content (AvgIpc) is 2.61. The molecule has 0 saturated heterocycles. The van der Waals surface area contributed by atoms with Crippen molar-refractivity contribution in [2.24, 2.45) is 10.2 Å². The standard InChI is InChI=1S/C17H21BrN4O4S.Na/c1-3-9-22(17(4-2)27(24,25)26)13-6-7-14(15(23)10-13)20-21-16-8-5-12(18)11-19-16;/h5-8,10-11,17,23H,3-4,9H2,1-2H3,(H,24,25,26);/q;+1.